The highest BCUT2D eigenvalue weighted by Crippen LogP contribution is 2.19. The Labute approximate surface area is 114 Å². The Bertz CT molecular complexity index is 588. The topological polar surface area (TPSA) is 92.5 Å². The van der Waals surface area contributed by atoms with Crippen LogP contribution in [0.15, 0.2) is 18.2 Å². The molecule has 7 heteroatoms. The summed E-state index contributed by atoms with van der Waals surface area (Å²) in [6.07, 6.45) is 0.347. The molecule has 3 N–H and O–H groups in total. The van der Waals surface area contributed by atoms with Gasteiger partial charge < -0.3 is 10.6 Å². The Morgan fingerprint density at radius 2 is 2.20 bits per heavy atom. The van der Waals surface area contributed by atoms with E-state index in [2.05, 4.69) is 5.32 Å². The smallest absolute Gasteiger partial charge is 0.257 e. The van der Waals surface area contributed by atoms with E-state index in [1.165, 1.54) is 6.07 Å². The molecular weight excluding hydrogens is 265 g/mol. The minimum atomic E-state index is -0.761. The second-order valence-electron chi connectivity index (χ2n) is 4.50. The van der Waals surface area contributed by atoms with Crippen LogP contribution in [0.3, 0.4) is 0 Å². The summed E-state index contributed by atoms with van der Waals surface area (Å²) in [5.74, 6) is -2.34. The third-order valence-electron chi connectivity index (χ3n) is 3.15. The highest BCUT2D eigenvalue weighted by Gasteiger charge is 2.36. The SMILES string of the molecule is CCC1C(=O)NC(=O)CN1C(=O)c1cc(F)ccc1N. The number of hydrogen-bond donors (Lipinski definition) is 2. The van der Waals surface area contributed by atoms with Crippen molar-refractivity contribution in [1.82, 2.24) is 10.2 Å². The number of halogens is 1. The maximum atomic E-state index is 13.2. The van der Waals surface area contributed by atoms with Gasteiger partial charge in [0.2, 0.25) is 11.8 Å². The molecule has 3 amide bonds. The molecule has 0 aromatic heterocycles. The molecule has 1 aliphatic heterocycles. The summed E-state index contributed by atoms with van der Waals surface area (Å²) in [5.41, 5.74) is 5.71. The van der Waals surface area contributed by atoms with E-state index in [-0.39, 0.29) is 17.8 Å². The Hall–Kier alpha value is -2.44. The summed E-state index contributed by atoms with van der Waals surface area (Å²) >= 11 is 0. The van der Waals surface area contributed by atoms with Crippen LogP contribution >= 0.6 is 0 Å². The van der Waals surface area contributed by atoms with E-state index in [0.29, 0.717) is 6.42 Å². The number of nitrogen functional groups attached to an aromatic ring is 1. The highest BCUT2D eigenvalue weighted by molar-refractivity contribution is 6.08. The molecule has 6 nitrogen and oxygen atoms in total. The lowest BCUT2D eigenvalue weighted by Crippen LogP contribution is -2.59. The minimum Gasteiger partial charge on any atom is -0.398 e. The number of rotatable bonds is 2. The van der Waals surface area contributed by atoms with Gasteiger partial charge in [0.05, 0.1) is 5.56 Å². The van der Waals surface area contributed by atoms with Crippen molar-refractivity contribution in [2.24, 2.45) is 0 Å². The number of carbonyl (C=O) groups is 3. The zero-order chi connectivity index (χ0) is 14.9. The Morgan fingerprint density at radius 3 is 2.85 bits per heavy atom. The monoisotopic (exact) mass is 279 g/mol. The van der Waals surface area contributed by atoms with E-state index < -0.39 is 29.6 Å². The number of imide groups is 1. The number of anilines is 1. The summed E-state index contributed by atoms with van der Waals surface area (Å²) in [6, 6.07) is 2.65. The third-order valence-corrected chi connectivity index (χ3v) is 3.15. The second kappa shape index (κ2) is 5.28. The van der Waals surface area contributed by atoms with Crippen molar-refractivity contribution in [2.45, 2.75) is 19.4 Å². The van der Waals surface area contributed by atoms with Gasteiger partial charge in [-0.3, -0.25) is 19.7 Å². The Balaban J connectivity index is 2.37. The number of nitrogens with one attached hydrogen (secondary N) is 1. The fourth-order valence-corrected chi connectivity index (χ4v) is 2.15. The molecule has 1 heterocycles. The lowest BCUT2D eigenvalue weighted by Gasteiger charge is -2.33. The Morgan fingerprint density at radius 1 is 1.50 bits per heavy atom. The molecule has 20 heavy (non-hydrogen) atoms. The first-order valence-electron chi connectivity index (χ1n) is 6.13. The molecular formula is C13H14FN3O3. The lowest BCUT2D eigenvalue weighted by molar-refractivity contribution is -0.138. The molecule has 1 fully saturated rings. The van der Waals surface area contributed by atoms with Crippen molar-refractivity contribution in [3.63, 3.8) is 0 Å². The van der Waals surface area contributed by atoms with Crippen LogP contribution in [0.5, 0.6) is 0 Å². The van der Waals surface area contributed by atoms with Crippen LogP contribution in [0.4, 0.5) is 10.1 Å². The van der Waals surface area contributed by atoms with Gasteiger partial charge in [0.25, 0.3) is 5.91 Å². The molecule has 1 aromatic rings. The molecule has 1 aliphatic rings. The standard InChI is InChI=1S/C13H14FN3O3/c1-2-10-12(19)16-11(18)6-17(10)13(20)8-5-7(14)3-4-9(8)15/h3-5,10H,2,6,15H2,1H3,(H,16,18,19). The maximum absolute atomic E-state index is 13.2. The predicted octanol–water partition coefficient (Wildman–Crippen LogP) is 0.285. The van der Waals surface area contributed by atoms with E-state index in [1.54, 1.807) is 6.92 Å². The molecule has 0 saturated carbocycles. The predicted molar refractivity (Wildman–Crippen MR) is 69.1 cm³/mol. The zero-order valence-electron chi connectivity index (χ0n) is 10.9. The fourth-order valence-electron chi connectivity index (χ4n) is 2.15. The van der Waals surface area contributed by atoms with Crippen LogP contribution in [0, 0.1) is 5.82 Å². The Kier molecular flexibility index (Phi) is 3.69. The number of nitrogens with zero attached hydrogens (tertiary/aromatic N) is 1. The molecule has 1 atom stereocenters. The van der Waals surface area contributed by atoms with Crippen LogP contribution in [0.25, 0.3) is 0 Å². The van der Waals surface area contributed by atoms with Crippen molar-refractivity contribution in [3.8, 4) is 0 Å². The number of piperazine rings is 1. The molecule has 1 saturated heterocycles. The van der Waals surface area contributed by atoms with Crippen LogP contribution in [0.2, 0.25) is 0 Å². The van der Waals surface area contributed by atoms with Gasteiger partial charge in [0.15, 0.2) is 0 Å². The van der Waals surface area contributed by atoms with E-state index in [1.807, 2.05) is 0 Å². The number of carbonyl (C=O) groups excluding carboxylic acids is 3. The summed E-state index contributed by atoms with van der Waals surface area (Å²) in [6.45, 7) is 1.47. The van der Waals surface area contributed by atoms with Gasteiger partial charge in [0.1, 0.15) is 18.4 Å². The van der Waals surface area contributed by atoms with Gasteiger partial charge in [-0.05, 0) is 24.6 Å². The van der Waals surface area contributed by atoms with Crippen molar-refractivity contribution in [2.75, 3.05) is 12.3 Å². The van der Waals surface area contributed by atoms with E-state index >= 15 is 0 Å². The average Bonchev–Trinajstić information content (AvgIpc) is 2.40. The normalized spacial score (nSPS) is 18.9. The van der Waals surface area contributed by atoms with E-state index in [9.17, 15) is 18.8 Å². The molecule has 0 spiro atoms. The van der Waals surface area contributed by atoms with Crippen molar-refractivity contribution in [1.29, 1.82) is 0 Å². The average molecular weight is 279 g/mol. The quantitative estimate of drug-likeness (QED) is 0.601. The van der Waals surface area contributed by atoms with Crippen molar-refractivity contribution >= 4 is 23.4 Å². The highest BCUT2D eigenvalue weighted by atomic mass is 19.1. The van der Waals surface area contributed by atoms with Gasteiger partial charge >= 0.3 is 0 Å². The third kappa shape index (κ3) is 2.47. The first-order valence-corrected chi connectivity index (χ1v) is 6.13. The molecule has 0 bridgehead atoms. The van der Waals surface area contributed by atoms with Gasteiger partial charge in [-0.1, -0.05) is 6.92 Å². The molecule has 106 valence electrons. The summed E-state index contributed by atoms with van der Waals surface area (Å²) < 4.78 is 13.2. The van der Waals surface area contributed by atoms with Gasteiger partial charge in [0, 0.05) is 5.69 Å². The fraction of sp³-hybridized carbons (Fsp3) is 0.308. The molecule has 2 rings (SSSR count). The van der Waals surface area contributed by atoms with Crippen molar-refractivity contribution < 1.29 is 18.8 Å². The van der Waals surface area contributed by atoms with Crippen LogP contribution in [0.1, 0.15) is 23.7 Å². The molecule has 0 radical (unpaired) electrons. The maximum Gasteiger partial charge on any atom is 0.257 e. The first-order chi connectivity index (χ1) is 9.43. The van der Waals surface area contributed by atoms with Crippen LogP contribution in [-0.2, 0) is 9.59 Å². The lowest BCUT2D eigenvalue weighted by atomic mass is 10.1. The van der Waals surface area contributed by atoms with Gasteiger partial charge in [-0.25, -0.2) is 4.39 Å². The van der Waals surface area contributed by atoms with Crippen LogP contribution < -0.4 is 11.1 Å². The van der Waals surface area contributed by atoms with Gasteiger partial charge in [-0.15, -0.1) is 0 Å². The first kappa shape index (κ1) is 14.0. The van der Waals surface area contributed by atoms with Crippen LogP contribution in [-0.4, -0.2) is 35.2 Å². The summed E-state index contributed by atoms with van der Waals surface area (Å²) in [4.78, 5) is 36.6. The van der Waals surface area contributed by atoms with E-state index in [4.69, 9.17) is 5.73 Å². The second-order valence-corrected chi connectivity index (χ2v) is 4.50. The number of nitrogens with two attached hydrogens (primary N) is 1. The van der Waals surface area contributed by atoms with E-state index in [0.717, 1.165) is 17.0 Å². The zero-order valence-corrected chi connectivity index (χ0v) is 10.9. The molecule has 1 aromatic carbocycles. The molecule has 1 unspecified atom stereocenters. The van der Waals surface area contributed by atoms with Crippen molar-refractivity contribution in [3.05, 3.63) is 29.6 Å². The largest absolute Gasteiger partial charge is 0.398 e. The van der Waals surface area contributed by atoms with Gasteiger partial charge in [-0.2, -0.15) is 0 Å². The number of amides is 3. The number of benzene rings is 1. The molecule has 0 aliphatic carbocycles. The summed E-state index contributed by atoms with van der Waals surface area (Å²) in [7, 11) is 0. The minimum absolute atomic E-state index is 0.0500. The summed E-state index contributed by atoms with van der Waals surface area (Å²) in [5, 5.41) is 2.17. The number of hydrogen-bond acceptors (Lipinski definition) is 4.